The normalized spacial score (nSPS) is 9.71. The summed E-state index contributed by atoms with van der Waals surface area (Å²) in [6.07, 6.45) is 2.36. The van der Waals surface area contributed by atoms with E-state index in [1.165, 1.54) is 0 Å². The molecule has 0 fully saturated rings. The van der Waals surface area contributed by atoms with Crippen molar-refractivity contribution in [2.24, 2.45) is 5.73 Å². The summed E-state index contributed by atoms with van der Waals surface area (Å²) in [5.74, 6) is -0.624. The Kier molecular flexibility index (Phi) is 4.93. The van der Waals surface area contributed by atoms with E-state index in [4.69, 9.17) is 5.73 Å². The predicted molar refractivity (Wildman–Crippen MR) is 64.5 cm³/mol. The first-order chi connectivity index (χ1) is 8.13. The van der Waals surface area contributed by atoms with Crippen molar-refractivity contribution < 1.29 is 9.59 Å². The molecule has 1 rings (SSSR count). The molecule has 92 valence electrons. The molecule has 1 aromatic rings. The molecule has 6 nitrogen and oxygen atoms in total. The molecule has 17 heavy (non-hydrogen) atoms. The fraction of sp³-hybridized carbons (Fsp3) is 0.364. The second-order valence-corrected chi connectivity index (χ2v) is 3.51. The average Bonchev–Trinajstić information content (AvgIpc) is 2.34. The minimum Gasteiger partial charge on any atom is -0.388 e. The van der Waals surface area contributed by atoms with Crippen LogP contribution in [0.5, 0.6) is 0 Å². The van der Waals surface area contributed by atoms with Gasteiger partial charge in [-0.1, -0.05) is 0 Å². The van der Waals surface area contributed by atoms with Crippen molar-refractivity contribution in [3.8, 4) is 0 Å². The molecule has 1 heterocycles. The number of carbonyl (C=O) groups excluding carboxylic acids is 2. The number of hydrogen-bond donors (Lipinski definition) is 3. The molecule has 6 heteroatoms. The number of carbonyl (C=O) groups is 2. The van der Waals surface area contributed by atoms with Crippen LogP contribution in [0.3, 0.4) is 0 Å². The van der Waals surface area contributed by atoms with Crippen LogP contribution in [0.25, 0.3) is 0 Å². The van der Waals surface area contributed by atoms with Crippen LogP contribution in [0.1, 0.15) is 23.3 Å². The fourth-order valence-electron chi connectivity index (χ4n) is 1.27. The highest BCUT2D eigenvalue weighted by atomic mass is 16.2. The molecule has 0 unspecified atom stereocenters. The number of nitrogens with zero attached hydrogens (tertiary/aromatic N) is 1. The number of anilines is 1. The van der Waals surface area contributed by atoms with Gasteiger partial charge in [-0.2, -0.15) is 0 Å². The van der Waals surface area contributed by atoms with Gasteiger partial charge in [-0.25, -0.2) is 0 Å². The Hall–Kier alpha value is -2.11. The summed E-state index contributed by atoms with van der Waals surface area (Å²) in [7, 11) is 1.77. The maximum absolute atomic E-state index is 11.6. The highest BCUT2D eigenvalue weighted by Gasteiger charge is 2.06. The lowest BCUT2D eigenvalue weighted by atomic mass is 10.2. The van der Waals surface area contributed by atoms with Crippen molar-refractivity contribution in [2.75, 3.05) is 18.9 Å². The quantitative estimate of drug-likeness (QED) is 0.611. The Balaban J connectivity index is 2.43. The van der Waals surface area contributed by atoms with Crippen molar-refractivity contribution >= 4 is 17.5 Å². The number of aromatic nitrogens is 1. The molecule has 0 atom stereocenters. The molecule has 0 aromatic carbocycles. The number of rotatable bonds is 6. The second kappa shape index (κ2) is 6.47. The van der Waals surface area contributed by atoms with Crippen LogP contribution in [0.2, 0.25) is 0 Å². The van der Waals surface area contributed by atoms with Gasteiger partial charge in [0.25, 0.3) is 5.91 Å². The van der Waals surface area contributed by atoms with Gasteiger partial charge in [0.2, 0.25) is 5.91 Å². The minimum atomic E-state index is -0.366. The highest BCUT2D eigenvalue weighted by molar-refractivity contribution is 5.93. The van der Waals surface area contributed by atoms with Crippen LogP contribution in [-0.2, 0) is 4.79 Å². The summed E-state index contributed by atoms with van der Waals surface area (Å²) in [6.45, 7) is 0.410. The third-order valence-corrected chi connectivity index (χ3v) is 2.17. The minimum absolute atomic E-state index is 0.258. The molecule has 2 amide bonds. The standard InChI is InChI=1S/C11H16N4O2/c1-13-8-4-6-14-9(7-8)11(17)15-5-2-3-10(12)16/h4,6-7H,2-3,5H2,1H3,(H2,12,16)(H,13,14)(H,15,17). The lowest BCUT2D eigenvalue weighted by Crippen LogP contribution is -2.26. The molecular weight excluding hydrogens is 220 g/mol. The molecule has 0 saturated heterocycles. The third kappa shape index (κ3) is 4.50. The fourth-order valence-corrected chi connectivity index (χ4v) is 1.27. The van der Waals surface area contributed by atoms with Gasteiger partial charge in [0.15, 0.2) is 0 Å². The van der Waals surface area contributed by atoms with E-state index in [1.54, 1.807) is 25.4 Å². The maximum Gasteiger partial charge on any atom is 0.269 e. The molecule has 4 N–H and O–H groups in total. The first kappa shape index (κ1) is 13.0. The number of hydrogen-bond acceptors (Lipinski definition) is 4. The van der Waals surface area contributed by atoms with Gasteiger partial charge in [-0.05, 0) is 18.6 Å². The SMILES string of the molecule is CNc1ccnc(C(=O)NCCCC(N)=O)c1. The van der Waals surface area contributed by atoms with E-state index < -0.39 is 0 Å². The topological polar surface area (TPSA) is 97.1 Å². The predicted octanol–water partition coefficient (Wildman–Crippen LogP) is 0.119. The third-order valence-electron chi connectivity index (χ3n) is 2.17. The van der Waals surface area contributed by atoms with Gasteiger partial charge in [0.05, 0.1) is 0 Å². The molecule has 0 aliphatic heterocycles. The zero-order chi connectivity index (χ0) is 12.7. The molecule has 1 aromatic heterocycles. The Morgan fingerprint density at radius 1 is 1.47 bits per heavy atom. The van der Waals surface area contributed by atoms with Crippen molar-refractivity contribution in [1.29, 1.82) is 0 Å². The smallest absolute Gasteiger partial charge is 0.269 e. The molecule has 0 saturated carbocycles. The van der Waals surface area contributed by atoms with Gasteiger partial charge in [0, 0.05) is 31.9 Å². The van der Waals surface area contributed by atoms with Crippen molar-refractivity contribution in [1.82, 2.24) is 10.3 Å². The van der Waals surface area contributed by atoms with Crippen LogP contribution in [-0.4, -0.2) is 30.4 Å². The van der Waals surface area contributed by atoms with Gasteiger partial charge in [0.1, 0.15) is 5.69 Å². The first-order valence-electron chi connectivity index (χ1n) is 5.34. The molecule has 0 spiro atoms. The Morgan fingerprint density at radius 2 is 2.24 bits per heavy atom. The van der Waals surface area contributed by atoms with E-state index in [2.05, 4.69) is 15.6 Å². The van der Waals surface area contributed by atoms with E-state index in [0.29, 0.717) is 18.7 Å². The number of nitrogens with two attached hydrogens (primary N) is 1. The lowest BCUT2D eigenvalue weighted by Gasteiger charge is -2.05. The Morgan fingerprint density at radius 3 is 2.88 bits per heavy atom. The molecule has 0 aliphatic rings. The zero-order valence-electron chi connectivity index (χ0n) is 9.69. The number of primary amides is 1. The summed E-state index contributed by atoms with van der Waals surface area (Å²) >= 11 is 0. The number of nitrogens with one attached hydrogen (secondary N) is 2. The van der Waals surface area contributed by atoms with E-state index >= 15 is 0 Å². The average molecular weight is 236 g/mol. The molecule has 0 aliphatic carbocycles. The van der Waals surface area contributed by atoms with E-state index in [9.17, 15) is 9.59 Å². The summed E-state index contributed by atoms with van der Waals surface area (Å²) < 4.78 is 0. The Labute approximate surface area is 99.6 Å². The van der Waals surface area contributed by atoms with E-state index in [0.717, 1.165) is 5.69 Å². The zero-order valence-corrected chi connectivity index (χ0v) is 9.69. The number of pyridine rings is 1. The van der Waals surface area contributed by atoms with Crippen molar-refractivity contribution in [2.45, 2.75) is 12.8 Å². The summed E-state index contributed by atoms with van der Waals surface area (Å²) in [5.41, 5.74) is 6.15. The molecular formula is C11H16N4O2. The van der Waals surface area contributed by atoms with Crippen molar-refractivity contribution in [3.63, 3.8) is 0 Å². The summed E-state index contributed by atoms with van der Waals surface area (Å²) in [5, 5.41) is 5.59. The largest absolute Gasteiger partial charge is 0.388 e. The van der Waals surface area contributed by atoms with Crippen LogP contribution in [0, 0.1) is 0 Å². The molecule has 0 bridgehead atoms. The lowest BCUT2D eigenvalue weighted by molar-refractivity contribution is -0.118. The van der Waals surface area contributed by atoms with Crippen LogP contribution in [0.15, 0.2) is 18.3 Å². The van der Waals surface area contributed by atoms with E-state index in [-0.39, 0.29) is 18.2 Å². The highest BCUT2D eigenvalue weighted by Crippen LogP contribution is 2.06. The Bertz CT molecular complexity index is 406. The van der Waals surface area contributed by atoms with Gasteiger partial charge in [-0.3, -0.25) is 14.6 Å². The van der Waals surface area contributed by atoms with Crippen LogP contribution >= 0.6 is 0 Å². The maximum atomic E-state index is 11.6. The molecule has 0 radical (unpaired) electrons. The first-order valence-corrected chi connectivity index (χ1v) is 5.34. The summed E-state index contributed by atoms with van der Waals surface area (Å²) in [4.78, 5) is 26.1. The van der Waals surface area contributed by atoms with Crippen molar-refractivity contribution in [3.05, 3.63) is 24.0 Å². The van der Waals surface area contributed by atoms with E-state index in [1.807, 2.05) is 0 Å². The van der Waals surface area contributed by atoms with Gasteiger partial charge < -0.3 is 16.4 Å². The second-order valence-electron chi connectivity index (χ2n) is 3.51. The summed E-state index contributed by atoms with van der Waals surface area (Å²) in [6, 6.07) is 3.42. The van der Waals surface area contributed by atoms with Gasteiger partial charge >= 0.3 is 0 Å². The van der Waals surface area contributed by atoms with Crippen LogP contribution < -0.4 is 16.4 Å². The van der Waals surface area contributed by atoms with Gasteiger partial charge in [-0.15, -0.1) is 0 Å². The monoisotopic (exact) mass is 236 g/mol. The van der Waals surface area contributed by atoms with Crippen LogP contribution in [0.4, 0.5) is 5.69 Å². The number of amides is 2.